The van der Waals surface area contributed by atoms with Crippen molar-refractivity contribution in [3.05, 3.63) is 40.3 Å². The van der Waals surface area contributed by atoms with E-state index >= 15 is 0 Å². The van der Waals surface area contributed by atoms with Gasteiger partial charge in [-0.1, -0.05) is 6.07 Å². The fourth-order valence-electron chi connectivity index (χ4n) is 1.57. The second kappa shape index (κ2) is 5.81. The summed E-state index contributed by atoms with van der Waals surface area (Å²) in [5, 5.41) is 14.7. The minimum atomic E-state index is -0.174. The number of carbonyl (C=O) groups excluding carboxylic acids is 1. The summed E-state index contributed by atoms with van der Waals surface area (Å²) < 4.78 is 0. The second-order valence-electron chi connectivity index (χ2n) is 4.24. The molecule has 0 saturated carbocycles. The number of nitrogens with two attached hydrogens (primary N) is 1. The first-order chi connectivity index (χ1) is 9.04. The van der Waals surface area contributed by atoms with Crippen LogP contribution >= 0.6 is 11.3 Å². The van der Waals surface area contributed by atoms with Crippen LogP contribution in [0.4, 0.5) is 5.69 Å². The van der Waals surface area contributed by atoms with E-state index in [2.05, 4.69) is 10.3 Å². The van der Waals surface area contributed by atoms with Crippen LogP contribution in [0.15, 0.2) is 29.6 Å². The van der Waals surface area contributed by atoms with Gasteiger partial charge in [0.15, 0.2) is 0 Å². The van der Waals surface area contributed by atoms with Crippen LogP contribution in [0.25, 0.3) is 0 Å². The van der Waals surface area contributed by atoms with Crippen LogP contribution < -0.4 is 11.1 Å². The summed E-state index contributed by atoms with van der Waals surface area (Å²) in [6.07, 6.45) is 0.193. The molecule has 6 heteroatoms. The van der Waals surface area contributed by atoms with Crippen LogP contribution in [0, 0.1) is 0 Å². The Hall–Kier alpha value is -1.92. The molecule has 0 spiro atoms. The highest BCUT2D eigenvalue weighted by molar-refractivity contribution is 7.09. The average molecular weight is 277 g/mol. The molecule has 1 atom stereocenters. The number of rotatable bonds is 4. The molecule has 1 aromatic heterocycles. The molecule has 1 aromatic carbocycles. The molecule has 2 rings (SSSR count). The Morgan fingerprint density at radius 3 is 3.00 bits per heavy atom. The number of thiazole rings is 1. The number of carbonyl (C=O) groups is 1. The topological polar surface area (TPSA) is 88.2 Å². The van der Waals surface area contributed by atoms with E-state index in [9.17, 15) is 9.90 Å². The van der Waals surface area contributed by atoms with Crippen molar-refractivity contribution >= 4 is 22.9 Å². The predicted octanol–water partition coefficient (Wildman–Crippen LogP) is 2.05. The van der Waals surface area contributed by atoms with E-state index in [1.807, 2.05) is 12.3 Å². The van der Waals surface area contributed by atoms with Crippen LogP contribution in [0.5, 0.6) is 5.75 Å². The zero-order chi connectivity index (χ0) is 13.8. The molecule has 0 fully saturated rings. The summed E-state index contributed by atoms with van der Waals surface area (Å²) in [5.41, 5.74) is 6.98. The summed E-state index contributed by atoms with van der Waals surface area (Å²) in [5.74, 6) is -0.0576. The molecule has 0 aliphatic heterocycles. The first-order valence-electron chi connectivity index (χ1n) is 5.83. The standard InChI is InChI=1S/C13H15N3O2S/c1-8(14)13-16-10(7-19-13)6-12(18)15-9-3-2-4-11(17)5-9/h2-5,7-8,17H,6,14H2,1H3,(H,15,18). The maximum atomic E-state index is 11.8. The number of phenols is 1. The quantitative estimate of drug-likeness (QED) is 0.798. The van der Waals surface area contributed by atoms with Gasteiger partial charge in [-0.3, -0.25) is 4.79 Å². The third-order valence-corrected chi connectivity index (χ3v) is 3.53. The predicted molar refractivity (Wildman–Crippen MR) is 75.2 cm³/mol. The zero-order valence-electron chi connectivity index (χ0n) is 10.5. The van der Waals surface area contributed by atoms with Crippen LogP contribution in [-0.2, 0) is 11.2 Å². The van der Waals surface area contributed by atoms with Crippen LogP contribution in [0.2, 0.25) is 0 Å². The van der Waals surface area contributed by atoms with Crippen LogP contribution in [0.1, 0.15) is 23.7 Å². The Labute approximate surface area is 115 Å². The van der Waals surface area contributed by atoms with Gasteiger partial charge in [0.25, 0.3) is 0 Å². The van der Waals surface area contributed by atoms with Gasteiger partial charge in [0.05, 0.1) is 18.2 Å². The summed E-state index contributed by atoms with van der Waals surface area (Å²) in [7, 11) is 0. The van der Waals surface area contributed by atoms with Crippen LogP contribution in [-0.4, -0.2) is 16.0 Å². The summed E-state index contributed by atoms with van der Waals surface area (Å²) in [4.78, 5) is 16.1. The molecule has 2 aromatic rings. The maximum absolute atomic E-state index is 11.8. The summed E-state index contributed by atoms with van der Waals surface area (Å²) in [6.45, 7) is 1.86. The van der Waals surface area contributed by atoms with Crippen molar-refractivity contribution in [2.24, 2.45) is 5.73 Å². The number of aromatic nitrogens is 1. The fraction of sp³-hybridized carbons (Fsp3) is 0.231. The molecule has 5 nitrogen and oxygen atoms in total. The molecular weight excluding hydrogens is 262 g/mol. The van der Waals surface area contributed by atoms with Gasteiger partial charge >= 0.3 is 0 Å². The molecule has 1 unspecified atom stereocenters. The first-order valence-corrected chi connectivity index (χ1v) is 6.71. The van der Waals surface area contributed by atoms with Crippen molar-refractivity contribution in [1.82, 2.24) is 4.98 Å². The van der Waals surface area contributed by atoms with Crippen molar-refractivity contribution in [2.75, 3.05) is 5.32 Å². The summed E-state index contributed by atoms with van der Waals surface area (Å²) >= 11 is 1.45. The lowest BCUT2D eigenvalue weighted by Gasteiger charge is -2.04. The number of anilines is 1. The molecule has 0 bridgehead atoms. The van der Waals surface area contributed by atoms with E-state index in [1.165, 1.54) is 17.4 Å². The number of hydrogen-bond donors (Lipinski definition) is 3. The van der Waals surface area contributed by atoms with E-state index in [-0.39, 0.29) is 24.1 Å². The van der Waals surface area contributed by atoms with E-state index in [4.69, 9.17) is 5.73 Å². The normalized spacial score (nSPS) is 12.1. The van der Waals surface area contributed by atoms with Gasteiger partial charge in [0.2, 0.25) is 5.91 Å². The third kappa shape index (κ3) is 3.77. The molecule has 100 valence electrons. The number of nitrogens with one attached hydrogen (secondary N) is 1. The lowest BCUT2D eigenvalue weighted by atomic mass is 10.2. The smallest absolute Gasteiger partial charge is 0.230 e. The van der Waals surface area contributed by atoms with E-state index in [0.717, 1.165) is 5.01 Å². The summed E-state index contributed by atoms with van der Waals surface area (Å²) in [6, 6.07) is 6.30. The zero-order valence-corrected chi connectivity index (χ0v) is 11.3. The van der Waals surface area contributed by atoms with Gasteiger partial charge in [0.1, 0.15) is 10.8 Å². The number of benzene rings is 1. The minimum Gasteiger partial charge on any atom is -0.508 e. The van der Waals surface area contributed by atoms with Gasteiger partial charge in [-0.15, -0.1) is 11.3 Å². The Bertz CT molecular complexity index is 581. The Kier molecular flexibility index (Phi) is 4.13. The SMILES string of the molecule is CC(N)c1nc(CC(=O)Nc2cccc(O)c2)cs1. The fourth-order valence-corrected chi connectivity index (χ4v) is 2.34. The molecule has 0 aliphatic carbocycles. The molecule has 0 saturated heterocycles. The molecule has 4 N–H and O–H groups in total. The highest BCUT2D eigenvalue weighted by atomic mass is 32.1. The molecule has 0 aliphatic rings. The van der Waals surface area contributed by atoms with E-state index in [0.29, 0.717) is 11.4 Å². The minimum absolute atomic E-state index is 0.116. The number of hydrogen-bond acceptors (Lipinski definition) is 5. The molecule has 1 heterocycles. The number of phenolic OH excluding ortho intramolecular Hbond substituents is 1. The number of amides is 1. The molecule has 0 radical (unpaired) electrons. The first kappa shape index (κ1) is 13.5. The highest BCUT2D eigenvalue weighted by Gasteiger charge is 2.10. The molecule has 19 heavy (non-hydrogen) atoms. The van der Waals surface area contributed by atoms with E-state index < -0.39 is 0 Å². The van der Waals surface area contributed by atoms with Gasteiger partial charge in [-0.2, -0.15) is 0 Å². The lowest BCUT2D eigenvalue weighted by Crippen LogP contribution is -2.14. The molecule has 1 amide bonds. The monoisotopic (exact) mass is 277 g/mol. The van der Waals surface area contributed by atoms with Crippen molar-refractivity contribution in [1.29, 1.82) is 0 Å². The van der Waals surface area contributed by atoms with Crippen molar-refractivity contribution in [2.45, 2.75) is 19.4 Å². The van der Waals surface area contributed by atoms with Crippen LogP contribution in [0.3, 0.4) is 0 Å². The van der Waals surface area contributed by atoms with Gasteiger partial charge < -0.3 is 16.2 Å². The second-order valence-corrected chi connectivity index (χ2v) is 5.13. The van der Waals surface area contributed by atoms with Gasteiger partial charge in [-0.05, 0) is 19.1 Å². The van der Waals surface area contributed by atoms with Crippen molar-refractivity contribution in [3.63, 3.8) is 0 Å². The highest BCUT2D eigenvalue weighted by Crippen LogP contribution is 2.18. The van der Waals surface area contributed by atoms with E-state index in [1.54, 1.807) is 18.2 Å². The average Bonchev–Trinajstić information content (AvgIpc) is 2.77. The number of aromatic hydroxyl groups is 1. The molecular formula is C13H15N3O2S. The van der Waals surface area contributed by atoms with Gasteiger partial charge in [0, 0.05) is 17.1 Å². The Morgan fingerprint density at radius 1 is 1.58 bits per heavy atom. The largest absolute Gasteiger partial charge is 0.508 e. The van der Waals surface area contributed by atoms with Crippen molar-refractivity contribution < 1.29 is 9.90 Å². The van der Waals surface area contributed by atoms with Crippen molar-refractivity contribution in [3.8, 4) is 5.75 Å². The third-order valence-electron chi connectivity index (χ3n) is 2.43. The Balaban J connectivity index is 1.97. The van der Waals surface area contributed by atoms with Gasteiger partial charge in [-0.25, -0.2) is 4.98 Å². The lowest BCUT2D eigenvalue weighted by molar-refractivity contribution is -0.115. The Morgan fingerprint density at radius 2 is 2.37 bits per heavy atom. The number of nitrogens with zero attached hydrogens (tertiary/aromatic N) is 1. The maximum Gasteiger partial charge on any atom is 0.230 e.